The van der Waals surface area contributed by atoms with Crippen molar-refractivity contribution in [2.75, 3.05) is 19.7 Å². The van der Waals surface area contributed by atoms with Gasteiger partial charge in [-0.15, -0.1) is 0 Å². The molecule has 6 nitrogen and oxygen atoms in total. The predicted molar refractivity (Wildman–Crippen MR) is 133 cm³/mol. The van der Waals surface area contributed by atoms with Crippen LogP contribution in [-0.4, -0.2) is 45.4 Å². The Morgan fingerprint density at radius 3 is 2.91 bits per heavy atom. The SMILES string of the molecule is OCC(N[C@@H]1CCNCC1CCCc1c[nH]c2ccc(-n3ccnc3)cc12)c1ccccc1. The lowest BCUT2D eigenvalue weighted by atomic mass is 9.87. The van der Waals surface area contributed by atoms with Crippen LogP contribution in [0.1, 0.15) is 36.4 Å². The van der Waals surface area contributed by atoms with E-state index in [1.165, 1.54) is 16.5 Å². The van der Waals surface area contributed by atoms with Gasteiger partial charge >= 0.3 is 0 Å². The van der Waals surface area contributed by atoms with Gasteiger partial charge in [0.2, 0.25) is 0 Å². The molecule has 1 aliphatic rings. The molecule has 3 atom stereocenters. The molecule has 4 N–H and O–H groups in total. The van der Waals surface area contributed by atoms with Crippen molar-refractivity contribution in [3.8, 4) is 5.69 Å². The molecule has 0 aliphatic carbocycles. The Morgan fingerprint density at radius 2 is 2.09 bits per heavy atom. The number of hydrogen-bond donors (Lipinski definition) is 4. The molecular formula is C27H33N5O. The molecule has 6 heteroatoms. The first-order chi connectivity index (χ1) is 16.3. The number of benzene rings is 2. The number of nitrogens with one attached hydrogen (secondary N) is 3. The Balaban J connectivity index is 1.23. The smallest absolute Gasteiger partial charge is 0.0991 e. The van der Waals surface area contributed by atoms with Gasteiger partial charge in [-0.25, -0.2) is 4.98 Å². The summed E-state index contributed by atoms with van der Waals surface area (Å²) in [6.07, 6.45) is 12.2. The molecule has 5 rings (SSSR count). The van der Waals surface area contributed by atoms with E-state index in [1.807, 2.05) is 41.5 Å². The zero-order valence-electron chi connectivity index (χ0n) is 19.0. The van der Waals surface area contributed by atoms with Gasteiger partial charge in [-0.1, -0.05) is 30.3 Å². The Hall–Kier alpha value is -2.93. The fourth-order valence-electron chi connectivity index (χ4n) is 5.14. The van der Waals surface area contributed by atoms with Crippen LogP contribution in [0.3, 0.4) is 0 Å². The number of H-pyrrole nitrogens is 1. The van der Waals surface area contributed by atoms with Crippen molar-refractivity contribution >= 4 is 10.9 Å². The predicted octanol–water partition coefficient (Wildman–Crippen LogP) is 3.98. The summed E-state index contributed by atoms with van der Waals surface area (Å²) in [6.45, 7) is 2.18. The summed E-state index contributed by atoms with van der Waals surface area (Å²) >= 11 is 0. The lowest BCUT2D eigenvalue weighted by Gasteiger charge is -2.35. The normalized spacial score (nSPS) is 19.7. The number of aromatic amines is 1. The average molecular weight is 444 g/mol. The standard InChI is InChI=1S/C27H33N5O/c33-18-27(20-5-2-1-3-6-20)31-25-11-12-28-16-22(25)8-4-7-21-17-30-26-10-9-23(15-24(21)26)32-14-13-29-19-32/h1-3,5-6,9-10,13-15,17,19,22,25,27-28,30-31,33H,4,7-8,11-12,16,18H2/t22?,25-,27?/m1/s1. The van der Waals surface area contributed by atoms with Crippen LogP contribution in [0, 0.1) is 5.92 Å². The van der Waals surface area contributed by atoms with Crippen molar-refractivity contribution in [2.45, 2.75) is 37.8 Å². The lowest BCUT2D eigenvalue weighted by molar-refractivity contribution is 0.191. The van der Waals surface area contributed by atoms with E-state index in [2.05, 4.69) is 57.1 Å². The monoisotopic (exact) mass is 443 g/mol. The van der Waals surface area contributed by atoms with Gasteiger partial charge in [-0.2, -0.15) is 0 Å². The van der Waals surface area contributed by atoms with Crippen LogP contribution in [-0.2, 0) is 6.42 Å². The summed E-state index contributed by atoms with van der Waals surface area (Å²) < 4.78 is 2.05. The average Bonchev–Trinajstić information content (AvgIpc) is 3.54. The van der Waals surface area contributed by atoms with Gasteiger partial charge in [-0.05, 0) is 74.0 Å². The third-order valence-corrected chi connectivity index (χ3v) is 6.98. The molecule has 0 saturated carbocycles. The number of nitrogens with zero attached hydrogens (tertiary/aromatic N) is 2. The fourth-order valence-corrected chi connectivity index (χ4v) is 5.14. The molecule has 0 bridgehead atoms. The van der Waals surface area contributed by atoms with Crippen molar-refractivity contribution in [3.63, 3.8) is 0 Å². The van der Waals surface area contributed by atoms with E-state index < -0.39 is 0 Å². The number of fused-ring (bicyclic) bond motifs is 1. The van der Waals surface area contributed by atoms with Crippen molar-refractivity contribution in [1.82, 2.24) is 25.2 Å². The molecule has 1 fully saturated rings. The first kappa shape index (κ1) is 21.9. The molecular weight excluding hydrogens is 410 g/mol. The molecule has 3 heterocycles. The van der Waals surface area contributed by atoms with E-state index in [1.54, 1.807) is 0 Å². The Morgan fingerprint density at radius 1 is 1.18 bits per heavy atom. The third-order valence-electron chi connectivity index (χ3n) is 6.98. The van der Waals surface area contributed by atoms with Gasteiger partial charge < -0.3 is 25.3 Å². The second-order valence-electron chi connectivity index (χ2n) is 9.08. The molecule has 0 spiro atoms. The summed E-state index contributed by atoms with van der Waals surface area (Å²) in [7, 11) is 0. The maximum atomic E-state index is 10.0. The van der Waals surface area contributed by atoms with Gasteiger partial charge in [0.05, 0.1) is 19.0 Å². The van der Waals surface area contributed by atoms with Crippen LogP contribution >= 0.6 is 0 Å². The lowest BCUT2D eigenvalue weighted by Crippen LogP contribution is -2.49. The maximum absolute atomic E-state index is 10.0. The summed E-state index contributed by atoms with van der Waals surface area (Å²) in [6, 6.07) is 17.2. The van der Waals surface area contributed by atoms with Gasteiger partial charge in [0.15, 0.2) is 0 Å². The number of aliphatic hydroxyl groups excluding tert-OH is 1. The highest BCUT2D eigenvalue weighted by Gasteiger charge is 2.27. The Labute approximate surface area is 195 Å². The van der Waals surface area contributed by atoms with E-state index in [0.717, 1.165) is 50.0 Å². The molecule has 33 heavy (non-hydrogen) atoms. The molecule has 0 radical (unpaired) electrons. The van der Waals surface area contributed by atoms with Crippen molar-refractivity contribution in [2.24, 2.45) is 5.92 Å². The zero-order valence-corrected chi connectivity index (χ0v) is 19.0. The quantitative estimate of drug-likeness (QED) is 0.316. The van der Waals surface area contributed by atoms with Crippen LogP contribution < -0.4 is 10.6 Å². The summed E-state index contributed by atoms with van der Waals surface area (Å²) in [5.74, 6) is 0.559. The summed E-state index contributed by atoms with van der Waals surface area (Å²) in [5, 5.41) is 18.6. The molecule has 172 valence electrons. The minimum atomic E-state index is -0.00739. The number of aryl methyl sites for hydroxylation is 1. The number of rotatable bonds is 9. The zero-order chi connectivity index (χ0) is 22.5. The fraction of sp³-hybridized carbons (Fsp3) is 0.370. The topological polar surface area (TPSA) is 77.9 Å². The highest BCUT2D eigenvalue weighted by molar-refractivity contribution is 5.85. The Bertz CT molecular complexity index is 1140. The first-order valence-electron chi connectivity index (χ1n) is 12.0. The minimum absolute atomic E-state index is 0.00739. The summed E-state index contributed by atoms with van der Waals surface area (Å²) in [4.78, 5) is 7.60. The molecule has 0 amide bonds. The van der Waals surface area contributed by atoms with Crippen LogP contribution in [0.25, 0.3) is 16.6 Å². The maximum Gasteiger partial charge on any atom is 0.0991 e. The van der Waals surface area contributed by atoms with E-state index >= 15 is 0 Å². The Kier molecular flexibility index (Phi) is 6.86. The number of imidazole rings is 1. The van der Waals surface area contributed by atoms with Gasteiger partial charge in [0.1, 0.15) is 0 Å². The van der Waals surface area contributed by atoms with Crippen molar-refractivity contribution < 1.29 is 5.11 Å². The number of aliphatic hydroxyl groups is 1. The largest absolute Gasteiger partial charge is 0.394 e. The van der Waals surface area contributed by atoms with E-state index in [4.69, 9.17) is 0 Å². The van der Waals surface area contributed by atoms with E-state index in [9.17, 15) is 5.11 Å². The van der Waals surface area contributed by atoms with Crippen LogP contribution in [0.2, 0.25) is 0 Å². The third kappa shape index (κ3) is 5.03. The van der Waals surface area contributed by atoms with Crippen molar-refractivity contribution in [3.05, 3.63) is 84.6 Å². The van der Waals surface area contributed by atoms with E-state index in [-0.39, 0.29) is 12.6 Å². The van der Waals surface area contributed by atoms with Crippen molar-refractivity contribution in [1.29, 1.82) is 0 Å². The number of hydrogen-bond acceptors (Lipinski definition) is 4. The van der Waals surface area contributed by atoms with Crippen LogP contribution in [0.5, 0.6) is 0 Å². The first-order valence-corrected chi connectivity index (χ1v) is 12.0. The molecule has 2 unspecified atom stereocenters. The molecule has 2 aromatic heterocycles. The highest BCUT2D eigenvalue weighted by Crippen LogP contribution is 2.26. The molecule has 2 aromatic carbocycles. The molecule has 4 aromatic rings. The van der Waals surface area contributed by atoms with E-state index in [0.29, 0.717) is 12.0 Å². The number of piperidine rings is 1. The molecule has 1 aliphatic heterocycles. The number of aromatic nitrogens is 3. The van der Waals surface area contributed by atoms with Crippen LogP contribution in [0.4, 0.5) is 0 Å². The van der Waals surface area contributed by atoms with Gasteiger partial charge in [0, 0.05) is 41.2 Å². The van der Waals surface area contributed by atoms with Gasteiger partial charge in [-0.3, -0.25) is 0 Å². The highest BCUT2D eigenvalue weighted by atomic mass is 16.3. The summed E-state index contributed by atoms with van der Waals surface area (Å²) in [5.41, 5.74) is 4.85. The van der Waals surface area contributed by atoms with Crippen LogP contribution in [0.15, 0.2) is 73.4 Å². The molecule has 1 saturated heterocycles. The minimum Gasteiger partial charge on any atom is -0.394 e. The van der Waals surface area contributed by atoms with Gasteiger partial charge in [0.25, 0.3) is 0 Å². The second kappa shape index (κ2) is 10.3. The second-order valence-corrected chi connectivity index (χ2v) is 9.08.